The fourth-order valence-corrected chi connectivity index (χ4v) is 1.84. The molecule has 0 aliphatic carbocycles. The molecule has 0 amide bonds. The van der Waals surface area contributed by atoms with E-state index >= 15 is 0 Å². The van der Waals surface area contributed by atoms with Crippen molar-refractivity contribution >= 4 is 0 Å². The van der Waals surface area contributed by atoms with Crippen molar-refractivity contribution < 1.29 is 4.74 Å². The second-order valence-electron chi connectivity index (χ2n) is 3.95. The molecule has 0 spiro atoms. The number of nitrogens with zero attached hydrogens (tertiary/aromatic N) is 2. The van der Waals surface area contributed by atoms with E-state index in [9.17, 15) is 0 Å². The van der Waals surface area contributed by atoms with Crippen LogP contribution in [-0.2, 0) is 11.3 Å². The Kier molecular flexibility index (Phi) is 3.97. The van der Waals surface area contributed by atoms with E-state index in [0.29, 0.717) is 12.6 Å². The normalized spacial score (nSPS) is 20.2. The minimum atomic E-state index is 0.309. The second-order valence-corrected chi connectivity index (χ2v) is 3.95. The summed E-state index contributed by atoms with van der Waals surface area (Å²) < 4.78 is 7.55. The molecule has 4 nitrogen and oxygen atoms in total. The Labute approximate surface area is 95.8 Å². The van der Waals surface area contributed by atoms with Crippen molar-refractivity contribution in [1.29, 1.82) is 0 Å². The van der Waals surface area contributed by atoms with Crippen molar-refractivity contribution in [3.05, 3.63) is 18.0 Å². The molecule has 1 aliphatic rings. The Morgan fingerprint density at radius 2 is 2.50 bits per heavy atom. The van der Waals surface area contributed by atoms with Gasteiger partial charge in [-0.15, -0.1) is 0 Å². The van der Waals surface area contributed by atoms with Gasteiger partial charge in [0.15, 0.2) is 0 Å². The van der Waals surface area contributed by atoms with Crippen LogP contribution in [0.15, 0.2) is 12.4 Å². The lowest BCUT2D eigenvalue weighted by molar-refractivity contribution is 0.00399. The molecule has 0 aromatic carbocycles. The van der Waals surface area contributed by atoms with Gasteiger partial charge in [-0.1, -0.05) is 11.8 Å². The first-order chi connectivity index (χ1) is 7.88. The van der Waals surface area contributed by atoms with Gasteiger partial charge < -0.3 is 10.5 Å². The summed E-state index contributed by atoms with van der Waals surface area (Å²) in [5, 5.41) is 4.26. The van der Waals surface area contributed by atoms with E-state index in [2.05, 4.69) is 16.9 Å². The summed E-state index contributed by atoms with van der Waals surface area (Å²) in [6.07, 6.45) is 7.59. The van der Waals surface area contributed by atoms with Crippen molar-refractivity contribution in [1.82, 2.24) is 9.78 Å². The topological polar surface area (TPSA) is 53.1 Å². The number of aromatic nitrogens is 2. The average Bonchev–Trinajstić information content (AvgIpc) is 2.75. The van der Waals surface area contributed by atoms with Crippen LogP contribution in [0, 0.1) is 11.8 Å². The van der Waals surface area contributed by atoms with E-state index < -0.39 is 0 Å². The van der Waals surface area contributed by atoms with Gasteiger partial charge in [-0.25, -0.2) is 0 Å². The van der Waals surface area contributed by atoms with Crippen LogP contribution in [0.1, 0.15) is 24.8 Å². The SMILES string of the molecule is NCC#Cc1cnn(CC2CCCCO2)c1. The maximum Gasteiger partial charge on any atom is 0.0770 e. The van der Waals surface area contributed by atoms with Crippen molar-refractivity contribution in [3.8, 4) is 11.8 Å². The highest BCUT2D eigenvalue weighted by Gasteiger charge is 2.14. The molecule has 1 fully saturated rings. The maximum absolute atomic E-state index is 5.66. The summed E-state index contributed by atoms with van der Waals surface area (Å²) in [5.41, 5.74) is 6.23. The Balaban J connectivity index is 1.91. The van der Waals surface area contributed by atoms with E-state index in [1.807, 2.05) is 10.9 Å². The van der Waals surface area contributed by atoms with Crippen molar-refractivity contribution in [3.63, 3.8) is 0 Å². The van der Waals surface area contributed by atoms with Gasteiger partial charge in [0.2, 0.25) is 0 Å². The molecule has 0 bridgehead atoms. The first kappa shape index (κ1) is 11.2. The van der Waals surface area contributed by atoms with Crippen LogP contribution in [0.3, 0.4) is 0 Å². The summed E-state index contributed by atoms with van der Waals surface area (Å²) in [6, 6.07) is 0. The van der Waals surface area contributed by atoms with Crippen LogP contribution in [0.5, 0.6) is 0 Å². The molecule has 2 rings (SSSR count). The Hall–Kier alpha value is -1.31. The highest BCUT2D eigenvalue weighted by molar-refractivity contribution is 5.29. The number of hydrogen-bond donors (Lipinski definition) is 1. The zero-order valence-electron chi connectivity index (χ0n) is 9.35. The molecule has 1 aliphatic heterocycles. The molecule has 1 saturated heterocycles. The van der Waals surface area contributed by atoms with Crippen LogP contribution in [0.4, 0.5) is 0 Å². The fraction of sp³-hybridized carbons (Fsp3) is 0.583. The van der Waals surface area contributed by atoms with Gasteiger partial charge in [-0.3, -0.25) is 4.68 Å². The van der Waals surface area contributed by atoms with Crippen LogP contribution in [0.25, 0.3) is 0 Å². The van der Waals surface area contributed by atoms with Gasteiger partial charge in [0, 0.05) is 12.8 Å². The number of hydrogen-bond acceptors (Lipinski definition) is 3. The standard InChI is InChI=1S/C12H17N3O/c13-6-3-4-11-8-14-15(9-11)10-12-5-1-2-7-16-12/h8-9,12H,1-2,5-7,10,13H2. The first-order valence-corrected chi connectivity index (χ1v) is 5.71. The molecule has 0 saturated carbocycles. The van der Waals surface area contributed by atoms with E-state index in [1.54, 1.807) is 6.20 Å². The quantitative estimate of drug-likeness (QED) is 0.747. The van der Waals surface area contributed by atoms with Crippen molar-refractivity contribution in [2.75, 3.05) is 13.2 Å². The molecule has 1 atom stereocenters. The number of nitrogens with two attached hydrogens (primary N) is 1. The van der Waals surface area contributed by atoms with Crippen molar-refractivity contribution in [2.24, 2.45) is 5.73 Å². The third-order valence-corrected chi connectivity index (χ3v) is 2.63. The molecule has 2 heterocycles. The average molecular weight is 219 g/mol. The molecule has 16 heavy (non-hydrogen) atoms. The number of rotatable bonds is 2. The molecular weight excluding hydrogens is 202 g/mol. The van der Waals surface area contributed by atoms with Gasteiger partial charge in [-0.05, 0) is 19.3 Å². The highest BCUT2D eigenvalue weighted by Crippen LogP contribution is 2.14. The maximum atomic E-state index is 5.66. The van der Waals surface area contributed by atoms with Gasteiger partial charge in [-0.2, -0.15) is 5.10 Å². The summed E-state index contributed by atoms with van der Waals surface area (Å²) in [5.74, 6) is 5.78. The van der Waals surface area contributed by atoms with Gasteiger partial charge in [0.1, 0.15) is 0 Å². The summed E-state index contributed by atoms with van der Waals surface area (Å²) in [4.78, 5) is 0. The lowest BCUT2D eigenvalue weighted by Crippen LogP contribution is -2.24. The largest absolute Gasteiger partial charge is 0.376 e. The van der Waals surface area contributed by atoms with Gasteiger partial charge >= 0.3 is 0 Å². The molecular formula is C12H17N3O. The zero-order valence-corrected chi connectivity index (χ0v) is 9.35. The van der Waals surface area contributed by atoms with Crippen LogP contribution >= 0.6 is 0 Å². The smallest absolute Gasteiger partial charge is 0.0770 e. The lowest BCUT2D eigenvalue weighted by Gasteiger charge is -2.22. The molecule has 1 aromatic heterocycles. The van der Waals surface area contributed by atoms with Crippen LogP contribution in [-0.4, -0.2) is 29.0 Å². The predicted octanol–water partition coefficient (Wildman–Crippen LogP) is 0.762. The number of ether oxygens (including phenoxy) is 1. The minimum Gasteiger partial charge on any atom is -0.376 e. The lowest BCUT2D eigenvalue weighted by atomic mass is 10.1. The van der Waals surface area contributed by atoms with E-state index in [1.165, 1.54) is 12.8 Å². The molecule has 0 radical (unpaired) electrons. The molecule has 1 aromatic rings. The first-order valence-electron chi connectivity index (χ1n) is 5.71. The summed E-state index contributed by atoms with van der Waals surface area (Å²) >= 11 is 0. The third kappa shape index (κ3) is 3.09. The molecule has 2 N–H and O–H groups in total. The Morgan fingerprint density at radius 1 is 1.56 bits per heavy atom. The Bertz CT molecular complexity index is 382. The van der Waals surface area contributed by atoms with Gasteiger partial charge in [0.25, 0.3) is 0 Å². The van der Waals surface area contributed by atoms with Crippen molar-refractivity contribution in [2.45, 2.75) is 31.9 Å². The monoisotopic (exact) mass is 219 g/mol. The molecule has 4 heteroatoms. The van der Waals surface area contributed by atoms with E-state index in [4.69, 9.17) is 10.5 Å². The third-order valence-electron chi connectivity index (χ3n) is 2.63. The summed E-state index contributed by atoms with van der Waals surface area (Å²) in [7, 11) is 0. The van der Waals surface area contributed by atoms with E-state index in [-0.39, 0.29) is 0 Å². The fourth-order valence-electron chi connectivity index (χ4n) is 1.84. The second kappa shape index (κ2) is 5.69. The van der Waals surface area contributed by atoms with Gasteiger partial charge in [0.05, 0.1) is 31.0 Å². The molecule has 1 unspecified atom stereocenters. The predicted molar refractivity (Wildman–Crippen MR) is 61.8 cm³/mol. The zero-order chi connectivity index (χ0) is 11.2. The molecule has 86 valence electrons. The van der Waals surface area contributed by atoms with E-state index in [0.717, 1.165) is 25.1 Å². The summed E-state index contributed by atoms with van der Waals surface area (Å²) in [6.45, 7) is 2.09. The Morgan fingerprint density at radius 3 is 3.25 bits per heavy atom. The highest BCUT2D eigenvalue weighted by atomic mass is 16.5. The van der Waals surface area contributed by atoms with Crippen LogP contribution < -0.4 is 5.73 Å². The van der Waals surface area contributed by atoms with Crippen LogP contribution in [0.2, 0.25) is 0 Å². The minimum absolute atomic E-state index is 0.309.